The number of amides is 1. The molecule has 2 rings (SSSR count). The Hall–Kier alpha value is -1.62. The zero-order valence-electron chi connectivity index (χ0n) is 10.2. The zero-order valence-corrected chi connectivity index (χ0v) is 11.0. The molecule has 4 nitrogen and oxygen atoms in total. The Morgan fingerprint density at radius 2 is 2.22 bits per heavy atom. The molecule has 0 bridgehead atoms. The standard InChI is InChI=1S/C13H16N2O2S/c1-2-18(17)8-7-15-13(16)11-3-4-12-10(9-11)5-6-14-12/h3-6,9,14H,2,7-8H2,1H3,(H,15,16). The Kier molecular flexibility index (Phi) is 4.15. The smallest absolute Gasteiger partial charge is 0.251 e. The number of hydrogen-bond donors (Lipinski definition) is 2. The van der Waals surface area contributed by atoms with Gasteiger partial charge in [0.25, 0.3) is 5.91 Å². The van der Waals surface area contributed by atoms with Crippen LogP contribution < -0.4 is 5.32 Å². The predicted molar refractivity (Wildman–Crippen MR) is 74.2 cm³/mol. The number of H-pyrrole nitrogens is 1. The third-order valence-corrected chi connectivity index (χ3v) is 4.06. The molecular formula is C13H16N2O2S. The van der Waals surface area contributed by atoms with E-state index in [4.69, 9.17) is 0 Å². The highest BCUT2D eigenvalue weighted by atomic mass is 32.2. The SMILES string of the molecule is CCS(=O)CCNC(=O)c1ccc2[nH]ccc2c1. The van der Waals surface area contributed by atoms with Gasteiger partial charge in [0.2, 0.25) is 0 Å². The maximum Gasteiger partial charge on any atom is 0.251 e. The van der Waals surface area contributed by atoms with Gasteiger partial charge in [-0.15, -0.1) is 0 Å². The molecule has 18 heavy (non-hydrogen) atoms. The van der Waals surface area contributed by atoms with Crippen molar-refractivity contribution in [2.45, 2.75) is 6.92 Å². The summed E-state index contributed by atoms with van der Waals surface area (Å²) in [6, 6.07) is 7.44. The van der Waals surface area contributed by atoms with Crippen LogP contribution in [-0.2, 0) is 10.8 Å². The molecule has 0 saturated carbocycles. The first-order valence-corrected chi connectivity index (χ1v) is 7.40. The van der Waals surface area contributed by atoms with Gasteiger partial charge in [0.05, 0.1) is 0 Å². The average molecular weight is 264 g/mol. The molecule has 96 valence electrons. The minimum absolute atomic E-state index is 0.119. The van der Waals surface area contributed by atoms with Crippen molar-refractivity contribution in [2.24, 2.45) is 0 Å². The topological polar surface area (TPSA) is 62.0 Å². The van der Waals surface area contributed by atoms with Crippen molar-refractivity contribution in [1.29, 1.82) is 0 Å². The second-order valence-electron chi connectivity index (χ2n) is 3.97. The number of carbonyl (C=O) groups is 1. The van der Waals surface area contributed by atoms with E-state index in [2.05, 4.69) is 10.3 Å². The molecular weight excluding hydrogens is 248 g/mol. The second kappa shape index (κ2) is 5.82. The van der Waals surface area contributed by atoms with E-state index in [1.54, 1.807) is 6.07 Å². The van der Waals surface area contributed by atoms with E-state index in [1.807, 2.05) is 31.3 Å². The third-order valence-electron chi connectivity index (χ3n) is 2.75. The lowest BCUT2D eigenvalue weighted by atomic mass is 10.1. The lowest BCUT2D eigenvalue weighted by Gasteiger charge is -2.04. The highest BCUT2D eigenvalue weighted by Crippen LogP contribution is 2.13. The van der Waals surface area contributed by atoms with Gasteiger partial charge >= 0.3 is 0 Å². The molecule has 0 saturated heterocycles. The third kappa shape index (κ3) is 2.98. The van der Waals surface area contributed by atoms with Crippen LogP contribution in [0.4, 0.5) is 0 Å². The van der Waals surface area contributed by atoms with Crippen molar-refractivity contribution in [2.75, 3.05) is 18.1 Å². The number of benzene rings is 1. The van der Waals surface area contributed by atoms with E-state index in [9.17, 15) is 9.00 Å². The van der Waals surface area contributed by atoms with Gasteiger partial charge in [-0.1, -0.05) is 6.92 Å². The molecule has 0 fully saturated rings. The van der Waals surface area contributed by atoms with Crippen LogP contribution in [0.15, 0.2) is 30.5 Å². The summed E-state index contributed by atoms with van der Waals surface area (Å²) < 4.78 is 11.2. The van der Waals surface area contributed by atoms with Crippen LogP contribution >= 0.6 is 0 Å². The van der Waals surface area contributed by atoms with Gasteiger partial charge in [0.1, 0.15) is 0 Å². The van der Waals surface area contributed by atoms with E-state index in [0.29, 0.717) is 23.6 Å². The molecule has 5 heteroatoms. The van der Waals surface area contributed by atoms with Gasteiger partial charge in [-0.2, -0.15) is 0 Å². The molecule has 0 aliphatic heterocycles. The summed E-state index contributed by atoms with van der Waals surface area (Å²) in [5.41, 5.74) is 1.64. The van der Waals surface area contributed by atoms with Crippen LogP contribution in [0.3, 0.4) is 0 Å². The first-order valence-electron chi connectivity index (χ1n) is 5.91. The Labute approximate surface area is 108 Å². The zero-order chi connectivity index (χ0) is 13.0. The summed E-state index contributed by atoms with van der Waals surface area (Å²) in [6.45, 7) is 2.32. The number of carbonyl (C=O) groups excluding carboxylic acids is 1. The van der Waals surface area contributed by atoms with Crippen molar-refractivity contribution in [3.63, 3.8) is 0 Å². The molecule has 0 spiro atoms. The van der Waals surface area contributed by atoms with Gasteiger partial charge < -0.3 is 10.3 Å². The molecule has 0 aliphatic carbocycles. The fraction of sp³-hybridized carbons (Fsp3) is 0.308. The summed E-state index contributed by atoms with van der Waals surface area (Å²) in [5.74, 6) is 1.02. The minimum atomic E-state index is -0.835. The van der Waals surface area contributed by atoms with E-state index < -0.39 is 10.8 Å². The predicted octanol–water partition coefficient (Wildman–Crippen LogP) is 1.67. The molecule has 0 radical (unpaired) electrons. The Bertz CT molecular complexity index is 577. The fourth-order valence-corrected chi connectivity index (χ4v) is 2.34. The molecule has 2 N–H and O–H groups in total. The number of fused-ring (bicyclic) bond motifs is 1. The lowest BCUT2D eigenvalue weighted by Crippen LogP contribution is -2.27. The Morgan fingerprint density at radius 3 is 3.00 bits per heavy atom. The maximum absolute atomic E-state index is 11.9. The normalized spacial score (nSPS) is 12.5. The molecule has 1 aromatic carbocycles. The van der Waals surface area contributed by atoms with Crippen molar-refractivity contribution in [3.8, 4) is 0 Å². The van der Waals surface area contributed by atoms with Gasteiger partial charge in [0, 0.05) is 51.5 Å². The number of nitrogens with one attached hydrogen (secondary N) is 2. The summed E-state index contributed by atoms with van der Waals surface area (Å²) in [4.78, 5) is 14.9. The number of hydrogen-bond acceptors (Lipinski definition) is 2. The van der Waals surface area contributed by atoms with Crippen LogP contribution in [0, 0.1) is 0 Å². The fourth-order valence-electron chi connectivity index (χ4n) is 1.72. The van der Waals surface area contributed by atoms with Crippen LogP contribution in [0.2, 0.25) is 0 Å². The van der Waals surface area contributed by atoms with Gasteiger partial charge in [0.15, 0.2) is 0 Å². The van der Waals surface area contributed by atoms with Crippen molar-refractivity contribution in [1.82, 2.24) is 10.3 Å². The van der Waals surface area contributed by atoms with E-state index in [1.165, 1.54) is 0 Å². The average Bonchev–Trinajstić information content (AvgIpc) is 2.85. The number of aromatic amines is 1. The highest BCUT2D eigenvalue weighted by molar-refractivity contribution is 7.84. The molecule has 1 heterocycles. The second-order valence-corrected chi connectivity index (χ2v) is 5.83. The minimum Gasteiger partial charge on any atom is -0.361 e. The van der Waals surface area contributed by atoms with Crippen molar-refractivity contribution in [3.05, 3.63) is 36.0 Å². The summed E-state index contributed by atoms with van der Waals surface area (Å²) >= 11 is 0. The van der Waals surface area contributed by atoms with Crippen LogP contribution in [0.5, 0.6) is 0 Å². The first kappa shape index (κ1) is 12.8. The molecule has 1 unspecified atom stereocenters. The Balaban J connectivity index is 1.97. The van der Waals surface area contributed by atoms with Crippen molar-refractivity contribution >= 4 is 27.6 Å². The molecule has 2 aromatic rings. The van der Waals surface area contributed by atoms with Crippen LogP contribution in [-0.4, -0.2) is 33.2 Å². The van der Waals surface area contributed by atoms with E-state index in [-0.39, 0.29) is 5.91 Å². The van der Waals surface area contributed by atoms with E-state index >= 15 is 0 Å². The molecule has 1 atom stereocenters. The van der Waals surface area contributed by atoms with Crippen LogP contribution in [0.25, 0.3) is 10.9 Å². The van der Waals surface area contributed by atoms with Crippen molar-refractivity contribution < 1.29 is 9.00 Å². The number of rotatable bonds is 5. The molecule has 1 amide bonds. The van der Waals surface area contributed by atoms with E-state index in [0.717, 1.165) is 10.9 Å². The summed E-state index contributed by atoms with van der Waals surface area (Å²) in [6.07, 6.45) is 1.84. The lowest BCUT2D eigenvalue weighted by molar-refractivity contribution is 0.0956. The summed E-state index contributed by atoms with van der Waals surface area (Å²) in [5, 5.41) is 3.79. The Morgan fingerprint density at radius 1 is 1.39 bits per heavy atom. The van der Waals surface area contributed by atoms with Gasteiger partial charge in [-0.25, -0.2) is 0 Å². The number of aromatic nitrogens is 1. The largest absolute Gasteiger partial charge is 0.361 e. The monoisotopic (exact) mass is 264 g/mol. The first-order chi connectivity index (χ1) is 8.70. The summed E-state index contributed by atoms with van der Waals surface area (Å²) in [7, 11) is -0.835. The van der Waals surface area contributed by atoms with Gasteiger partial charge in [-0.3, -0.25) is 9.00 Å². The molecule has 0 aliphatic rings. The maximum atomic E-state index is 11.9. The van der Waals surface area contributed by atoms with Gasteiger partial charge in [-0.05, 0) is 24.3 Å². The highest BCUT2D eigenvalue weighted by Gasteiger charge is 2.06. The van der Waals surface area contributed by atoms with Crippen LogP contribution in [0.1, 0.15) is 17.3 Å². The molecule has 1 aromatic heterocycles. The quantitative estimate of drug-likeness (QED) is 0.863.